The van der Waals surface area contributed by atoms with Gasteiger partial charge in [0.1, 0.15) is 11.9 Å². The number of phenols is 1. The normalized spacial score (nSPS) is 28.7. The number of carbonyl (C=O) groups is 5. The molecule has 0 fully saturated rings. The Hall–Kier alpha value is -4.85. The number of carbonyl (C=O) groups excluding carboxylic acids is 5. The molecule has 6 atom stereocenters. The summed E-state index contributed by atoms with van der Waals surface area (Å²) in [6.07, 6.45) is 2.75. The van der Waals surface area contributed by atoms with Gasteiger partial charge in [0.05, 0.1) is 30.0 Å². The molecule has 1 aromatic carbocycles. The van der Waals surface area contributed by atoms with E-state index in [1.54, 1.807) is 38.1 Å². The second-order valence-electron chi connectivity index (χ2n) is 12.3. The Bertz CT molecular complexity index is 1590. The van der Waals surface area contributed by atoms with Crippen LogP contribution >= 0.6 is 0 Å². The van der Waals surface area contributed by atoms with Crippen LogP contribution in [0.3, 0.4) is 0 Å². The lowest BCUT2D eigenvalue weighted by molar-refractivity contribution is -0.122. The van der Waals surface area contributed by atoms with Gasteiger partial charge in [-0.15, -0.1) is 0 Å². The van der Waals surface area contributed by atoms with E-state index in [1.807, 2.05) is 6.92 Å². The SMILES string of the molecule is CO[C@H]1/C=C\C=C(/C)C(=O)NC2=CC(=O)C(NC(=O)Cc3ccc(O)cc3)=C(C[C@@H](C)C[C@H](OC)[C@H](O)[C@@H](C)/C=C(\C)[C@H]1OC(N)=O)C2=O. The van der Waals surface area contributed by atoms with Crippen LogP contribution in [0.25, 0.3) is 0 Å². The quantitative estimate of drug-likeness (QED) is 0.220. The molecule has 1 aliphatic heterocycles. The number of ketones is 2. The van der Waals surface area contributed by atoms with E-state index in [1.165, 1.54) is 45.4 Å². The average Bonchev–Trinajstić information content (AvgIpc) is 3.04. The topological polar surface area (TPSA) is 204 Å². The highest BCUT2D eigenvalue weighted by Crippen LogP contribution is 2.29. The first kappa shape index (κ1) is 38.6. The maximum Gasteiger partial charge on any atom is 0.405 e. The first-order valence-corrected chi connectivity index (χ1v) is 15.8. The first-order valence-electron chi connectivity index (χ1n) is 15.8. The van der Waals surface area contributed by atoms with Gasteiger partial charge in [0.25, 0.3) is 5.91 Å². The Morgan fingerprint density at radius 1 is 1.06 bits per heavy atom. The number of hydrogen-bond donors (Lipinski definition) is 5. The number of allylic oxidation sites excluding steroid dienone is 4. The van der Waals surface area contributed by atoms with E-state index in [4.69, 9.17) is 19.9 Å². The number of benzene rings is 1. The standard InChI is InChI=1S/C36H45N3O10/c1-19-14-25-31(39-30(42)17-23-10-12-24(40)13-11-23)27(41)18-26(33(25)44)38-35(45)20(2)8-7-9-28(47-5)34(49-36(37)46)22(4)16-21(3)32(43)29(15-19)48-6/h7-13,16,18-19,21,28-29,32,34,40,43H,14-15,17H2,1-6H3,(H2,37,46)(H,38,45)(H,39,42)/b9-7-,20-8+,22-16+/t19-,21+,28+,29+,32-,34-/m1/s1. The van der Waals surface area contributed by atoms with Crippen LogP contribution in [-0.2, 0) is 39.8 Å². The number of Topliss-reactive ketones (excluding diaryl/α,β-unsaturated/α-hetero) is 1. The highest BCUT2D eigenvalue weighted by Gasteiger charge is 2.34. The van der Waals surface area contributed by atoms with Crippen molar-refractivity contribution in [2.24, 2.45) is 17.6 Å². The number of ether oxygens (including phenoxy) is 3. The second kappa shape index (κ2) is 17.5. The molecule has 1 heterocycles. The monoisotopic (exact) mass is 679 g/mol. The number of nitrogens with one attached hydrogen (secondary N) is 2. The molecule has 49 heavy (non-hydrogen) atoms. The van der Waals surface area contributed by atoms with Crippen molar-refractivity contribution in [3.05, 3.63) is 88.3 Å². The van der Waals surface area contributed by atoms with Crippen LogP contribution in [0.5, 0.6) is 5.75 Å². The van der Waals surface area contributed by atoms with Gasteiger partial charge in [0, 0.05) is 37.4 Å². The molecule has 0 saturated carbocycles. The average molecular weight is 680 g/mol. The highest BCUT2D eigenvalue weighted by molar-refractivity contribution is 6.24. The van der Waals surface area contributed by atoms with Crippen molar-refractivity contribution in [2.75, 3.05) is 14.2 Å². The summed E-state index contributed by atoms with van der Waals surface area (Å²) in [5.74, 6) is -3.38. The van der Waals surface area contributed by atoms with Gasteiger partial charge in [-0.1, -0.05) is 50.3 Å². The van der Waals surface area contributed by atoms with E-state index in [2.05, 4.69) is 10.6 Å². The molecule has 3 amide bonds. The third-order valence-electron chi connectivity index (χ3n) is 8.36. The summed E-state index contributed by atoms with van der Waals surface area (Å²) in [6.45, 7) is 6.78. The van der Waals surface area contributed by atoms with Gasteiger partial charge < -0.3 is 40.8 Å². The molecule has 264 valence electrons. The molecule has 0 unspecified atom stereocenters. The van der Waals surface area contributed by atoms with Crippen LogP contribution in [0, 0.1) is 11.8 Å². The summed E-state index contributed by atoms with van der Waals surface area (Å²) in [6, 6.07) is 5.99. The number of methoxy groups -OCH3 is 2. The maximum atomic E-state index is 13.8. The fraction of sp³-hybridized carbons (Fsp3) is 0.417. The zero-order valence-corrected chi connectivity index (χ0v) is 28.5. The number of hydrogen-bond acceptors (Lipinski definition) is 10. The molecule has 0 saturated heterocycles. The third-order valence-corrected chi connectivity index (χ3v) is 8.36. The minimum Gasteiger partial charge on any atom is -0.508 e. The van der Waals surface area contributed by atoms with Gasteiger partial charge in [0.2, 0.25) is 17.5 Å². The van der Waals surface area contributed by atoms with Gasteiger partial charge >= 0.3 is 6.09 Å². The van der Waals surface area contributed by atoms with Gasteiger partial charge in [0.15, 0.2) is 6.10 Å². The predicted octanol–water partition coefficient (Wildman–Crippen LogP) is 2.83. The van der Waals surface area contributed by atoms with E-state index >= 15 is 0 Å². The summed E-state index contributed by atoms with van der Waals surface area (Å²) in [7, 11) is 2.85. The molecular weight excluding hydrogens is 634 g/mol. The number of fused-ring (bicyclic) bond motifs is 2. The zero-order valence-electron chi connectivity index (χ0n) is 28.5. The maximum absolute atomic E-state index is 13.8. The van der Waals surface area contributed by atoms with Gasteiger partial charge in [-0.3, -0.25) is 19.2 Å². The number of aliphatic hydroxyl groups excluding tert-OH is 1. The molecule has 1 aliphatic carbocycles. The summed E-state index contributed by atoms with van der Waals surface area (Å²) in [4.78, 5) is 65.2. The Balaban J connectivity index is 2.05. The van der Waals surface area contributed by atoms with Crippen molar-refractivity contribution in [2.45, 2.75) is 71.4 Å². The van der Waals surface area contributed by atoms with Crippen LogP contribution in [0.4, 0.5) is 4.79 Å². The molecule has 0 spiro atoms. The Morgan fingerprint density at radius 3 is 2.35 bits per heavy atom. The van der Waals surface area contributed by atoms with E-state index in [0.717, 1.165) is 6.08 Å². The Kier molecular flexibility index (Phi) is 13.8. The minimum absolute atomic E-state index is 0.00342. The van der Waals surface area contributed by atoms with E-state index in [9.17, 15) is 34.2 Å². The van der Waals surface area contributed by atoms with Crippen LogP contribution in [-0.4, -0.2) is 78.3 Å². The molecule has 0 radical (unpaired) electrons. The number of aromatic hydroxyl groups is 1. The van der Waals surface area contributed by atoms with Gasteiger partial charge in [-0.2, -0.15) is 0 Å². The number of phenolic OH excluding ortho intramolecular Hbond substituents is 1. The molecule has 2 aliphatic rings. The third kappa shape index (κ3) is 10.6. The molecule has 13 heteroatoms. The van der Waals surface area contributed by atoms with Crippen LogP contribution < -0.4 is 16.4 Å². The predicted molar refractivity (Wildman–Crippen MR) is 179 cm³/mol. The number of amides is 3. The number of primary amides is 1. The number of aliphatic hydroxyl groups is 1. The molecule has 1 aromatic rings. The lowest BCUT2D eigenvalue weighted by Crippen LogP contribution is -2.39. The smallest absolute Gasteiger partial charge is 0.405 e. The summed E-state index contributed by atoms with van der Waals surface area (Å²) < 4.78 is 16.6. The highest BCUT2D eigenvalue weighted by atomic mass is 16.6. The summed E-state index contributed by atoms with van der Waals surface area (Å²) in [5.41, 5.74) is 6.19. The van der Waals surface area contributed by atoms with Crippen molar-refractivity contribution >= 4 is 29.5 Å². The number of nitrogens with two attached hydrogens (primary N) is 1. The molecule has 0 aromatic heterocycles. The van der Waals surface area contributed by atoms with Gasteiger partial charge in [-0.05, 0) is 55.9 Å². The van der Waals surface area contributed by atoms with Crippen molar-refractivity contribution in [1.29, 1.82) is 0 Å². The van der Waals surface area contributed by atoms with Crippen LogP contribution in [0.15, 0.2) is 82.8 Å². The van der Waals surface area contributed by atoms with E-state index in [0.29, 0.717) is 11.1 Å². The second-order valence-corrected chi connectivity index (χ2v) is 12.3. The minimum atomic E-state index is -1.04. The van der Waals surface area contributed by atoms with Gasteiger partial charge in [-0.25, -0.2) is 4.79 Å². The number of rotatable bonds is 6. The molecular formula is C36H45N3O10. The fourth-order valence-corrected chi connectivity index (χ4v) is 5.70. The molecule has 2 bridgehead atoms. The summed E-state index contributed by atoms with van der Waals surface area (Å²) >= 11 is 0. The van der Waals surface area contributed by atoms with E-state index in [-0.39, 0.29) is 53.5 Å². The van der Waals surface area contributed by atoms with Crippen molar-refractivity contribution < 1.29 is 48.4 Å². The lowest BCUT2D eigenvalue weighted by Gasteiger charge is -2.30. The Morgan fingerprint density at radius 2 is 1.73 bits per heavy atom. The van der Waals surface area contributed by atoms with Crippen molar-refractivity contribution in [3.8, 4) is 5.75 Å². The van der Waals surface area contributed by atoms with E-state index < -0.39 is 59.8 Å². The van der Waals surface area contributed by atoms with Crippen LogP contribution in [0.2, 0.25) is 0 Å². The fourth-order valence-electron chi connectivity index (χ4n) is 5.70. The largest absolute Gasteiger partial charge is 0.508 e. The Labute approximate surface area is 285 Å². The first-order chi connectivity index (χ1) is 23.1. The van der Waals surface area contributed by atoms with Crippen molar-refractivity contribution in [1.82, 2.24) is 10.6 Å². The lowest BCUT2D eigenvalue weighted by atomic mass is 9.85. The van der Waals surface area contributed by atoms with Crippen molar-refractivity contribution in [3.63, 3.8) is 0 Å². The summed E-state index contributed by atoms with van der Waals surface area (Å²) in [5, 5.41) is 26.0. The molecule has 6 N–H and O–H groups in total. The molecule has 3 rings (SSSR count). The molecule has 13 nitrogen and oxygen atoms in total. The zero-order chi connectivity index (χ0) is 36.4. The van der Waals surface area contributed by atoms with Crippen LogP contribution in [0.1, 0.15) is 46.1 Å².